The van der Waals surface area contributed by atoms with E-state index in [1.807, 2.05) is 29.2 Å². The van der Waals surface area contributed by atoms with Gasteiger partial charge in [-0.25, -0.2) is 0 Å². The van der Waals surface area contributed by atoms with Crippen LogP contribution in [0, 0.1) is 0 Å². The normalized spacial score (nSPS) is 15.0. The Morgan fingerprint density at radius 2 is 2.22 bits per heavy atom. The maximum absolute atomic E-state index is 4.37. The minimum absolute atomic E-state index is 0.234. The van der Waals surface area contributed by atoms with Crippen molar-refractivity contribution in [1.82, 2.24) is 9.78 Å². The van der Waals surface area contributed by atoms with Gasteiger partial charge >= 0.3 is 0 Å². The van der Waals surface area contributed by atoms with E-state index in [9.17, 15) is 0 Å². The molecule has 18 heavy (non-hydrogen) atoms. The molecule has 3 nitrogen and oxygen atoms in total. The Balaban J connectivity index is 2.00. The third-order valence-corrected chi connectivity index (χ3v) is 3.31. The summed E-state index contributed by atoms with van der Waals surface area (Å²) in [5.41, 5.74) is 3.91. The minimum Gasteiger partial charge on any atom is -0.287 e. The summed E-state index contributed by atoms with van der Waals surface area (Å²) < 4.78 is 2.00. The highest BCUT2D eigenvalue weighted by atomic mass is 15.3. The largest absolute Gasteiger partial charge is 0.287 e. The molecule has 1 atom stereocenters. The maximum atomic E-state index is 4.37. The van der Waals surface area contributed by atoms with Crippen LogP contribution in [0.2, 0.25) is 0 Å². The van der Waals surface area contributed by atoms with Crippen LogP contribution in [0.3, 0.4) is 0 Å². The molecule has 2 aromatic rings. The summed E-state index contributed by atoms with van der Waals surface area (Å²) in [5.74, 6) is 0. The van der Waals surface area contributed by atoms with Crippen molar-refractivity contribution in [2.45, 2.75) is 12.5 Å². The van der Waals surface area contributed by atoms with Crippen LogP contribution in [0.15, 0.2) is 61.6 Å². The summed E-state index contributed by atoms with van der Waals surface area (Å²) in [5, 5.41) is 6.54. The second-order valence-corrected chi connectivity index (χ2v) is 4.40. The highest BCUT2D eigenvalue weighted by Crippen LogP contribution is 2.34. The van der Waals surface area contributed by atoms with Gasteiger partial charge in [0, 0.05) is 29.6 Å². The molecule has 0 bridgehead atoms. The fraction of sp³-hybridized carbons (Fsp3) is 0.133. The number of aromatic nitrogens is 2. The molecule has 0 saturated carbocycles. The van der Waals surface area contributed by atoms with Gasteiger partial charge in [-0.1, -0.05) is 18.2 Å². The molecule has 0 amide bonds. The third kappa shape index (κ3) is 1.79. The second-order valence-electron chi connectivity index (χ2n) is 4.40. The molecule has 1 aromatic carbocycles. The Kier molecular flexibility index (Phi) is 2.82. The van der Waals surface area contributed by atoms with Gasteiger partial charge in [-0.3, -0.25) is 10.00 Å². The number of benzene rings is 1. The lowest BCUT2D eigenvalue weighted by Gasteiger charge is -2.16. The van der Waals surface area contributed by atoms with Gasteiger partial charge in [0.1, 0.15) is 11.9 Å². The van der Waals surface area contributed by atoms with Crippen molar-refractivity contribution >= 4 is 11.3 Å². The van der Waals surface area contributed by atoms with Gasteiger partial charge in [-0.2, -0.15) is 5.10 Å². The average molecular weight is 238 g/mol. The first-order valence-electron chi connectivity index (χ1n) is 6.14. The number of nitrogens with zero attached hydrogens (tertiary/aromatic N) is 2. The van der Waals surface area contributed by atoms with E-state index in [1.165, 1.54) is 16.8 Å². The Bertz CT molecular complexity index is 582. The average Bonchev–Trinajstić information content (AvgIpc) is 3.06. The number of fused-ring (bicyclic) bond motifs is 1. The molecular formula is C15H16N3+. The van der Waals surface area contributed by atoms with Crippen LogP contribution < -0.4 is 5.32 Å². The highest BCUT2D eigenvalue weighted by Gasteiger charge is 2.26. The third-order valence-electron chi connectivity index (χ3n) is 3.31. The molecule has 2 N–H and O–H groups in total. The molecule has 0 fully saturated rings. The number of allylic oxidation sites excluding steroid dienone is 2. The van der Waals surface area contributed by atoms with E-state index in [1.54, 1.807) is 0 Å². The molecule has 0 saturated heterocycles. The number of nitrogens with two attached hydrogens (primary N) is 1. The van der Waals surface area contributed by atoms with Crippen molar-refractivity contribution < 1.29 is 5.32 Å². The zero-order valence-electron chi connectivity index (χ0n) is 10.2. The van der Waals surface area contributed by atoms with Crippen molar-refractivity contribution in [3.8, 4) is 0 Å². The first-order chi connectivity index (χ1) is 8.90. The van der Waals surface area contributed by atoms with Gasteiger partial charge in [0.25, 0.3) is 0 Å². The predicted octanol–water partition coefficient (Wildman–Crippen LogP) is 2.25. The van der Waals surface area contributed by atoms with Crippen molar-refractivity contribution in [2.24, 2.45) is 0 Å². The lowest BCUT2D eigenvalue weighted by atomic mass is 9.98. The van der Waals surface area contributed by atoms with Gasteiger partial charge in [-0.05, 0) is 18.6 Å². The summed E-state index contributed by atoms with van der Waals surface area (Å²) in [4.78, 5) is 0. The molecule has 1 aliphatic heterocycles. The van der Waals surface area contributed by atoms with Crippen LogP contribution in [-0.4, -0.2) is 9.78 Å². The molecule has 90 valence electrons. The molecular weight excluding hydrogens is 222 g/mol. The van der Waals surface area contributed by atoms with E-state index in [-0.39, 0.29) is 6.04 Å². The number of para-hydroxylation sites is 1. The summed E-state index contributed by atoms with van der Waals surface area (Å²) in [6.45, 7) is 3.86. The lowest BCUT2D eigenvalue weighted by molar-refractivity contribution is -0.491. The summed E-state index contributed by atoms with van der Waals surface area (Å²) in [6.07, 6.45) is 8.86. The number of hydrogen-bond donors (Lipinski definition) is 1. The van der Waals surface area contributed by atoms with E-state index in [2.05, 4.69) is 47.5 Å². The Morgan fingerprint density at radius 1 is 1.33 bits per heavy atom. The van der Waals surface area contributed by atoms with E-state index < -0.39 is 0 Å². The summed E-state index contributed by atoms with van der Waals surface area (Å²) >= 11 is 0. The number of hydrogen-bond acceptors (Lipinski definition) is 1. The molecule has 2 heterocycles. The van der Waals surface area contributed by atoms with Crippen LogP contribution in [0.1, 0.15) is 18.0 Å². The van der Waals surface area contributed by atoms with Crippen LogP contribution in [0.25, 0.3) is 5.57 Å². The lowest BCUT2D eigenvalue weighted by Crippen LogP contribution is -2.69. The van der Waals surface area contributed by atoms with E-state index in [0.717, 1.165) is 6.42 Å². The summed E-state index contributed by atoms with van der Waals surface area (Å²) in [7, 11) is 0. The first kappa shape index (κ1) is 11.0. The van der Waals surface area contributed by atoms with Gasteiger partial charge in [0.15, 0.2) is 0 Å². The van der Waals surface area contributed by atoms with E-state index in [0.29, 0.717) is 0 Å². The molecule has 0 aliphatic carbocycles. The van der Waals surface area contributed by atoms with Crippen molar-refractivity contribution in [1.29, 1.82) is 0 Å². The monoisotopic (exact) mass is 238 g/mol. The van der Waals surface area contributed by atoms with Gasteiger partial charge in [0.05, 0.1) is 6.04 Å². The number of quaternary nitrogens is 1. The molecule has 0 radical (unpaired) electrons. The van der Waals surface area contributed by atoms with Crippen LogP contribution in [-0.2, 0) is 0 Å². The molecule has 3 rings (SSSR count). The van der Waals surface area contributed by atoms with Crippen LogP contribution in [0.4, 0.5) is 5.69 Å². The second kappa shape index (κ2) is 4.63. The smallest absolute Gasteiger partial charge is 0.142 e. The van der Waals surface area contributed by atoms with Crippen molar-refractivity contribution in [3.63, 3.8) is 0 Å². The molecule has 1 aliphatic rings. The fourth-order valence-corrected chi connectivity index (χ4v) is 2.47. The minimum atomic E-state index is 0.234. The first-order valence-corrected chi connectivity index (χ1v) is 6.14. The van der Waals surface area contributed by atoms with Crippen LogP contribution in [0.5, 0.6) is 0 Å². The maximum Gasteiger partial charge on any atom is 0.142 e. The SMILES string of the molecule is C=CCC(C1=C[NH2+]c2ccccc21)n1cccn1. The molecule has 1 aromatic heterocycles. The van der Waals surface area contributed by atoms with Gasteiger partial charge in [-0.15, -0.1) is 6.58 Å². The molecule has 0 spiro atoms. The highest BCUT2D eigenvalue weighted by molar-refractivity contribution is 5.76. The fourth-order valence-electron chi connectivity index (χ4n) is 2.47. The zero-order chi connectivity index (χ0) is 12.4. The van der Waals surface area contributed by atoms with Crippen molar-refractivity contribution in [2.75, 3.05) is 0 Å². The Morgan fingerprint density at radius 3 is 3.00 bits per heavy atom. The molecule has 3 heteroatoms. The van der Waals surface area contributed by atoms with Gasteiger partial charge < -0.3 is 0 Å². The van der Waals surface area contributed by atoms with Crippen molar-refractivity contribution in [3.05, 3.63) is 67.1 Å². The molecule has 1 unspecified atom stereocenters. The quantitative estimate of drug-likeness (QED) is 0.643. The Hall–Kier alpha value is -2.13. The van der Waals surface area contributed by atoms with Gasteiger partial charge in [0.2, 0.25) is 0 Å². The number of rotatable bonds is 4. The summed E-state index contributed by atoms with van der Waals surface area (Å²) in [6, 6.07) is 10.7. The Labute approximate surface area is 106 Å². The van der Waals surface area contributed by atoms with E-state index in [4.69, 9.17) is 0 Å². The van der Waals surface area contributed by atoms with E-state index >= 15 is 0 Å². The topological polar surface area (TPSA) is 34.4 Å². The standard InChI is InChI=1S/C15H15N3/c1-2-6-15(18-10-5-9-17-18)13-11-16-14-8-4-3-7-12(13)14/h2-5,7-11,15-16H,1,6H2/p+1. The predicted molar refractivity (Wildman–Crippen MR) is 72.1 cm³/mol. The zero-order valence-corrected chi connectivity index (χ0v) is 10.2. The van der Waals surface area contributed by atoms with Crippen LogP contribution >= 0.6 is 0 Å².